The predicted molar refractivity (Wildman–Crippen MR) is 79.5 cm³/mol. The summed E-state index contributed by atoms with van der Waals surface area (Å²) in [6, 6.07) is 9.76. The van der Waals surface area contributed by atoms with Crippen molar-refractivity contribution in [1.29, 1.82) is 0 Å². The number of thioether (sulfide) groups is 1. The van der Waals surface area contributed by atoms with Gasteiger partial charge < -0.3 is 19.7 Å². The minimum Gasteiger partial charge on any atom is -0.387 e. The van der Waals surface area contributed by atoms with E-state index in [9.17, 15) is 10.2 Å². The van der Waals surface area contributed by atoms with Crippen LogP contribution >= 0.6 is 11.8 Å². The number of ether oxygens (including phenoxy) is 2. The molecular formula is C15H22O4S. The van der Waals surface area contributed by atoms with Crippen LogP contribution in [-0.2, 0) is 16.1 Å². The summed E-state index contributed by atoms with van der Waals surface area (Å²) in [5.41, 5.74) is 0.646. The van der Waals surface area contributed by atoms with Crippen molar-refractivity contribution in [2.24, 2.45) is 0 Å². The van der Waals surface area contributed by atoms with E-state index >= 15 is 0 Å². The fraction of sp³-hybridized carbons (Fsp3) is 0.600. The Bertz CT molecular complexity index is 400. The van der Waals surface area contributed by atoms with Gasteiger partial charge in [-0.05, 0) is 18.2 Å². The molecule has 0 spiro atoms. The highest BCUT2D eigenvalue weighted by Crippen LogP contribution is 2.30. The summed E-state index contributed by atoms with van der Waals surface area (Å²) in [6.07, 6.45) is -2.61. The molecule has 1 aliphatic heterocycles. The Morgan fingerprint density at radius 3 is 2.55 bits per heavy atom. The average Bonchev–Trinajstić information content (AvgIpc) is 2.46. The van der Waals surface area contributed by atoms with E-state index in [4.69, 9.17) is 9.47 Å². The molecule has 0 bridgehead atoms. The molecule has 0 aromatic heterocycles. The first kappa shape index (κ1) is 15.8. The van der Waals surface area contributed by atoms with Crippen molar-refractivity contribution >= 4 is 11.8 Å². The van der Waals surface area contributed by atoms with Crippen molar-refractivity contribution in [3.63, 3.8) is 0 Å². The molecule has 0 saturated carbocycles. The van der Waals surface area contributed by atoms with E-state index in [0.717, 1.165) is 11.3 Å². The Hall–Kier alpha value is -0.590. The fourth-order valence-electron chi connectivity index (χ4n) is 2.31. The monoisotopic (exact) mass is 298 g/mol. The van der Waals surface area contributed by atoms with Crippen molar-refractivity contribution in [1.82, 2.24) is 0 Å². The lowest BCUT2D eigenvalue weighted by Crippen LogP contribution is -2.56. The van der Waals surface area contributed by atoms with Gasteiger partial charge >= 0.3 is 0 Å². The molecule has 1 aliphatic rings. The highest BCUT2D eigenvalue weighted by atomic mass is 32.2. The van der Waals surface area contributed by atoms with E-state index in [1.165, 1.54) is 11.8 Å². The second-order valence-electron chi connectivity index (χ2n) is 4.91. The van der Waals surface area contributed by atoms with E-state index in [1.54, 1.807) is 0 Å². The third kappa shape index (κ3) is 3.74. The highest BCUT2D eigenvalue weighted by molar-refractivity contribution is 7.99. The molecule has 112 valence electrons. The SMILES string of the molecule is CCS[C@@H]1OC(C)[C@H](OCc2ccccc2)C(O)C1O. The van der Waals surface area contributed by atoms with Gasteiger partial charge in [0.15, 0.2) is 0 Å². The van der Waals surface area contributed by atoms with Crippen molar-refractivity contribution in [3.05, 3.63) is 35.9 Å². The van der Waals surface area contributed by atoms with Crippen molar-refractivity contribution in [2.45, 2.75) is 50.3 Å². The van der Waals surface area contributed by atoms with E-state index in [1.807, 2.05) is 44.2 Å². The lowest BCUT2D eigenvalue weighted by molar-refractivity contribution is -0.212. The summed E-state index contributed by atoms with van der Waals surface area (Å²) in [6.45, 7) is 4.26. The zero-order valence-corrected chi connectivity index (χ0v) is 12.6. The number of hydrogen-bond acceptors (Lipinski definition) is 5. The summed E-state index contributed by atoms with van der Waals surface area (Å²) in [5.74, 6) is 0.830. The van der Waals surface area contributed by atoms with Crippen LogP contribution in [-0.4, -0.2) is 45.8 Å². The van der Waals surface area contributed by atoms with Crippen LogP contribution in [0, 0.1) is 0 Å². The number of hydrogen-bond donors (Lipinski definition) is 2. The topological polar surface area (TPSA) is 58.9 Å². The zero-order chi connectivity index (χ0) is 14.5. The van der Waals surface area contributed by atoms with Crippen LogP contribution < -0.4 is 0 Å². The van der Waals surface area contributed by atoms with Crippen LogP contribution in [0.25, 0.3) is 0 Å². The lowest BCUT2D eigenvalue weighted by atomic mass is 10.0. The second-order valence-corrected chi connectivity index (χ2v) is 6.28. The standard InChI is InChI=1S/C15H22O4S/c1-3-20-15-13(17)12(16)14(10(2)19-15)18-9-11-7-5-4-6-8-11/h4-8,10,12-17H,3,9H2,1-2H3/t10?,12?,13?,14-,15-/m0/s1. The maximum atomic E-state index is 10.2. The van der Waals surface area contributed by atoms with Gasteiger partial charge in [0.25, 0.3) is 0 Å². The number of rotatable bonds is 5. The van der Waals surface area contributed by atoms with Crippen LogP contribution in [0.15, 0.2) is 30.3 Å². The van der Waals surface area contributed by atoms with Gasteiger partial charge in [0, 0.05) is 0 Å². The summed E-state index contributed by atoms with van der Waals surface area (Å²) in [4.78, 5) is 0. The molecule has 20 heavy (non-hydrogen) atoms. The lowest BCUT2D eigenvalue weighted by Gasteiger charge is -2.41. The van der Waals surface area contributed by atoms with Crippen molar-refractivity contribution in [2.75, 3.05) is 5.75 Å². The molecule has 2 N–H and O–H groups in total. The molecule has 0 amide bonds. The third-order valence-corrected chi connectivity index (χ3v) is 4.44. The zero-order valence-electron chi connectivity index (χ0n) is 11.8. The smallest absolute Gasteiger partial charge is 0.132 e. The Balaban J connectivity index is 1.94. The molecular weight excluding hydrogens is 276 g/mol. The van der Waals surface area contributed by atoms with Gasteiger partial charge in [-0.2, -0.15) is 0 Å². The summed E-state index contributed by atoms with van der Waals surface area (Å²) < 4.78 is 11.5. The van der Waals surface area contributed by atoms with Crippen molar-refractivity contribution < 1.29 is 19.7 Å². The summed E-state index contributed by atoms with van der Waals surface area (Å²) in [5, 5.41) is 20.3. The molecule has 1 aromatic rings. The number of aliphatic hydroxyl groups excluding tert-OH is 2. The second kappa shape index (κ2) is 7.43. The van der Waals surface area contributed by atoms with E-state index < -0.39 is 18.3 Å². The Labute approximate surface area is 124 Å². The van der Waals surface area contributed by atoms with Gasteiger partial charge in [0.1, 0.15) is 23.7 Å². The van der Waals surface area contributed by atoms with E-state index in [0.29, 0.717) is 6.61 Å². The molecule has 1 fully saturated rings. The molecule has 1 saturated heterocycles. The summed E-state index contributed by atoms with van der Waals surface area (Å²) >= 11 is 1.50. The molecule has 0 aliphatic carbocycles. The molecule has 2 rings (SSSR count). The van der Waals surface area contributed by atoms with Crippen LogP contribution in [0.3, 0.4) is 0 Å². The minimum atomic E-state index is -0.925. The van der Waals surface area contributed by atoms with Gasteiger partial charge in [0.2, 0.25) is 0 Å². The average molecular weight is 298 g/mol. The first-order valence-corrected chi connectivity index (χ1v) is 7.97. The fourth-order valence-corrected chi connectivity index (χ4v) is 3.25. The third-order valence-electron chi connectivity index (χ3n) is 3.39. The molecule has 5 atom stereocenters. The Morgan fingerprint density at radius 2 is 1.90 bits per heavy atom. The van der Waals surface area contributed by atoms with Crippen LogP contribution in [0.1, 0.15) is 19.4 Å². The van der Waals surface area contributed by atoms with Gasteiger partial charge in [-0.15, -0.1) is 11.8 Å². The maximum Gasteiger partial charge on any atom is 0.132 e. The molecule has 5 heteroatoms. The molecule has 3 unspecified atom stereocenters. The first-order valence-electron chi connectivity index (χ1n) is 6.92. The molecule has 0 radical (unpaired) electrons. The van der Waals surface area contributed by atoms with Gasteiger partial charge in [-0.25, -0.2) is 0 Å². The van der Waals surface area contributed by atoms with Crippen molar-refractivity contribution in [3.8, 4) is 0 Å². The Morgan fingerprint density at radius 1 is 1.20 bits per heavy atom. The van der Waals surface area contributed by atoms with Crippen LogP contribution in [0.5, 0.6) is 0 Å². The quantitative estimate of drug-likeness (QED) is 0.868. The predicted octanol–water partition coefficient (Wildman–Crippen LogP) is 1.79. The normalized spacial score (nSPS) is 34.1. The van der Waals surface area contributed by atoms with E-state index in [2.05, 4.69) is 0 Å². The largest absolute Gasteiger partial charge is 0.387 e. The van der Waals surface area contributed by atoms with Gasteiger partial charge in [0.05, 0.1) is 12.7 Å². The maximum absolute atomic E-state index is 10.2. The van der Waals surface area contributed by atoms with E-state index in [-0.39, 0.29) is 11.5 Å². The van der Waals surface area contributed by atoms with Crippen LogP contribution in [0.4, 0.5) is 0 Å². The molecule has 1 heterocycles. The van der Waals surface area contributed by atoms with Gasteiger partial charge in [-0.3, -0.25) is 0 Å². The highest BCUT2D eigenvalue weighted by Gasteiger charge is 2.43. The Kier molecular flexibility index (Phi) is 5.86. The summed E-state index contributed by atoms with van der Waals surface area (Å²) in [7, 11) is 0. The molecule has 1 aromatic carbocycles. The number of aliphatic hydroxyl groups is 2. The molecule has 4 nitrogen and oxygen atoms in total. The van der Waals surface area contributed by atoms with Crippen LogP contribution in [0.2, 0.25) is 0 Å². The first-order chi connectivity index (χ1) is 9.63. The number of benzene rings is 1. The minimum absolute atomic E-state index is 0.249. The van der Waals surface area contributed by atoms with Gasteiger partial charge in [-0.1, -0.05) is 37.3 Å².